The summed E-state index contributed by atoms with van der Waals surface area (Å²) in [7, 11) is 0. The van der Waals surface area contributed by atoms with Crippen molar-refractivity contribution in [2.24, 2.45) is 0 Å². The van der Waals surface area contributed by atoms with E-state index in [2.05, 4.69) is 26.0 Å². The summed E-state index contributed by atoms with van der Waals surface area (Å²) in [4.78, 5) is 12.2. The zero-order chi connectivity index (χ0) is 15.4. The Kier molecular flexibility index (Phi) is 4.90. The Hall–Kier alpha value is -1.95. The molecule has 0 bridgehead atoms. The van der Waals surface area contributed by atoms with E-state index in [0.29, 0.717) is 5.69 Å². The molecule has 110 valence electrons. The number of rotatable bonds is 4. The van der Waals surface area contributed by atoms with Gasteiger partial charge >= 0.3 is 6.61 Å². The molecule has 0 heterocycles. The van der Waals surface area contributed by atoms with Gasteiger partial charge in [-0.2, -0.15) is 8.78 Å². The maximum absolute atomic E-state index is 12.3. The van der Waals surface area contributed by atoms with E-state index < -0.39 is 12.5 Å². The van der Waals surface area contributed by atoms with Crippen molar-refractivity contribution >= 4 is 27.5 Å². The lowest BCUT2D eigenvalue weighted by Gasteiger charge is -2.12. The third-order valence-corrected chi connectivity index (χ3v) is 3.84. The van der Waals surface area contributed by atoms with Crippen molar-refractivity contribution in [1.82, 2.24) is 0 Å². The largest absolute Gasteiger partial charge is 0.434 e. The van der Waals surface area contributed by atoms with Gasteiger partial charge in [-0.05, 0) is 46.6 Å². The smallest absolute Gasteiger partial charge is 0.387 e. The summed E-state index contributed by atoms with van der Waals surface area (Å²) in [6.45, 7) is -1.10. The Morgan fingerprint density at radius 1 is 1.19 bits per heavy atom. The minimum Gasteiger partial charge on any atom is -0.434 e. The number of hydrogen-bond acceptors (Lipinski definition) is 2. The van der Waals surface area contributed by atoms with Gasteiger partial charge in [0.15, 0.2) is 0 Å². The van der Waals surface area contributed by atoms with Crippen molar-refractivity contribution in [2.45, 2.75) is 13.5 Å². The number of carbonyl (C=O) groups excluding carboxylic acids is 1. The molecule has 0 aliphatic carbocycles. The summed E-state index contributed by atoms with van der Waals surface area (Å²) >= 11 is 3.37. The van der Waals surface area contributed by atoms with E-state index in [-0.39, 0.29) is 11.3 Å². The molecule has 0 fully saturated rings. The van der Waals surface area contributed by atoms with Gasteiger partial charge in [-0.1, -0.05) is 24.3 Å². The Morgan fingerprint density at radius 2 is 1.90 bits per heavy atom. The van der Waals surface area contributed by atoms with Crippen LogP contribution in [0.15, 0.2) is 46.9 Å². The average Bonchev–Trinajstić information content (AvgIpc) is 2.44. The SMILES string of the molecule is Cc1cccc(NC(=O)c2ccccc2OC(F)F)c1Br. The Bertz CT molecular complexity index is 662. The molecule has 1 amide bonds. The molecule has 6 heteroatoms. The van der Waals surface area contributed by atoms with Crippen LogP contribution >= 0.6 is 15.9 Å². The van der Waals surface area contributed by atoms with E-state index in [1.165, 1.54) is 18.2 Å². The molecule has 0 saturated carbocycles. The molecule has 3 nitrogen and oxygen atoms in total. The van der Waals surface area contributed by atoms with Gasteiger partial charge < -0.3 is 10.1 Å². The highest BCUT2D eigenvalue weighted by Gasteiger charge is 2.16. The van der Waals surface area contributed by atoms with Gasteiger partial charge in [-0.3, -0.25) is 4.79 Å². The number of aryl methyl sites for hydroxylation is 1. The van der Waals surface area contributed by atoms with E-state index in [1.807, 2.05) is 13.0 Å². The summed E-state index contributed by atoms with van der Waals surface area (Å²) in [5.41, 5.74) is 1.56. The van der Waals surface area contributed by atoms with Crippen LogP contribution in [0.25, 0.3) is 0 Å². The molecule has 2 aromatic carbocycles. The molecule has 0 unspecified atom stereocenters. The number of carbonyl (C=O) groups is 1. The maximum Gasteiger partial charge on any atom is 0.387 e. The number of benzene rings is 2. The van der Waals surface area contributed by atoms with E-state index in [4.69, 9.17) is 0 Å². The zero-order valence-corrected chi connectivity index (χ0v) is 12.7. The summed E-state index contributed by atoms with van der Waals surface area (Å²) in [6.07, 6.45) is 0. The van der Waals surface area contributed by atoms with E-state index >= 15 is 0 Å². The van der Waals surface area contributed by atoms with E-state index in [0.717, 1.165) is 10.0 Å². The summed E-state index contributed by atoms with van der Waals surface area (Å²) in [5.74, 6) is -0.675. The van der Waals surface area contributed by atoms with Crippen LogP contribution < -0.4 is 10.1 Å². The number of anilines is 1. The molecule has 0 radical (unpaired) electrons. The van der Waals surface area contributed by atoms with Crippen LogP contribution in [0.4, 0.5) is 14.5 Å². The predicted molar refractivity (Wildman–Crippen MR) is 79.9 cm³/mol. The van der Waals surface area contributed by atoms with E-state index in [9.17, 15) is 13.6 Å². The Morgan fingerprint density at radius 3 is 2.62 bits per heavy atom. The first-order valence-corrected chi connectivity index (χ1v) is 6.88. The lowest BCUT2D eigenvalue weighted by Crippen LogP contribution is -2.15. The van der Waals surface area contributed by atoms with Crippen molar-refractivity contribution in [3.8, 4) is 5.75 Å². The van der Waals surface area contributed by atoms with Gasteiger partial charge in [0.25, 0.3) is 5.91 Å². The molecule has 0 atom stereocenters. The molecular weight excluding hydrogens is 344 g/mol. The minimum atomic E-state index is -2.98. The van der Waals surface area contributed by atoms with Gasteiger partial charge in [-0.15, -0.1) is 0 Å². The third kappa shape index (κ3) is 3.78. The van der Waals surface area contributed by atoms with Crippen molar-refractivity contribution in [3.05, 3.63) is 58.1 Å². The molecule has 0 saturated heterocycles. The zero-order valence-electron chi connectivity index (χ0n) is 11.1. The fourth-order valence-electron chi connectivity index (χ4n) is 1.79. The molecule has 0 spiro atoms. The molecule has 0 aromatic heterocycles. The first-order valence-electron chi connectivity index (χ1n) is 6.09. The molecule has 2 rings (SSSR count). The highest BCUT2D eigenvalue weighted by Crippen LogP contribution is 2.27. The summed E-state index contributed by atoms with van der Waals surface area (Å²) in [5, 5.41) is 2.67. The van der Waals surface area contributed by atoms with Gasteiger partial charge in [-0.25, -0.2) is 0 Å². The molecule has 0 aliphatic rings. The van der Waals surface area contributed by atoms with Crippen LogP contribution in [0.3, 0.4) is 0 Å². The lowest BCUT2D eigenvalue weighted by atomic mass is 10.1. The highest BCUT2D eigenvalue weighted by atomic mass is 79.9. The fraction of sp³-hybridized carbons (Fsp3) is 0.133. The van der Waals surface area contributed by atoms with E-state index in [1.54, 1.807) is 18.2 Å². The second kappa shape index (κ2) is 6.67. The normalized spacial score (nSPS) is 10.5. The Balaban J connectivity index is 2.27. The van der Waals surface area contributed by atoms with Crippen LogP contribution in [-0.4, -0.2) is 12.5 Å². The molecule has 2 aromatic rings. The minimum absolute atomic E-state index is 0.0474. The first kappa shape index (κ1) is 15.4. The standard InChI is InChI=1S/C15H12BrF2NO2/c1-9-5-4-7-11(13(9)16)19-14(20)10-6-2-3-8-12(10)21-15(17)18/h2-8,15H,1H3,(H,19,20). The number of halogens is 3. The quantitative estimate of drug-likeness (QED) is 0.869. The van der Waals surface area contributed by atoms with Gasteiger partial charge in [0, 0.05) is 4.47 Å². The molecular formula is C15H12BrF2NO2. The number of ether oxygens (including phenoxy) is 1. The van der Waals surface area contributed by atoms with Crippen molar-refractivity contribution < 1.29 is 18.3 Å². The second-order valence-corrected chi connectivity index (χ2v) is 5.06. The Labute approximate surface area is 129 Å². The van der Waals surface area contributed by atoms with Gasteiger partial charge in [0.2, 0.25) is 0 Å². The molecule has 21 heavy (non-hydrogen) atoms. The van der Waals surface area contributed by atoms with Gasteiger partial charge in [0.1, 0.15) is 5.75 Å². The fourth-order valence-corrected chi connectivity index (χ4v) is 2.15. The predicted octanol–water partition coefficient (Wildman–Crippen LogP) is 4.61. The van der Waals surface area contributed by atoms with Crippen LogP contribution in [0.5, 0.6) is 5.75 Å². The number of hydrogen-bond donors (Lipinski definition) is 1. The topological polar surface area (TPSA) is 38.3 Å². The van der Waals surface area contributed by atoms with Gasteiger partial charge in [0.05, 0.1) is 11.3 Å². The van der Waals surface area contributed by atoms with Crippen molar-refractivity contribution in [1.29, 1.82) is 0 Å². The van der Waals surface area contributed by atoms with Crippen molar-refractivity contribution in [2.75, 3.05) is 5.32 Å². The number of alkyl halides is 2. The maximum atomic E-state index is 12.3. The number of nitrogens with one attached hydrogen (secondary N) is 1. The third-order valence-electron chi connectivity index (χ3n) is 2.79. The summed E-state index contributed by atoms with van der Waals surface area (Å²) < 4.78 is 29.8. The number of amides is 1. The van der Waals surface area contributed by atoms with Crippen molar-refractivity contribution in [3.63, 3.8) is 0 Å². The van der Waals surface area contributed by atoms with Crippen LogP contribution in [0.2, 0.25) is 0 Å². The first-order chi connectivity index (χ1) is 9.99. The monoisotopic (exact) mass is 355 g/mol. The summed E-state index contributed by atoms with van der Waals surface area (Å²) in [6, 6.07) is 11.2. The lowest BCUT2D eigenvalue weighted by molar-refractivity contribution is -0.0501. The molecule has 0 aliphatic heterocycles. The molecule has 1 N–H and O–H groups in total. The second-order valence-electron chi connectivity index (χ2n) is 4.27. The highest BCUT2D eigenvalue weighted by molar-refractivity contribution is 9.10. The van der Waals surface area contributed by atoms with Crippen LogP contribution in [0.1, 0.15) is 15.9 Å². The average molecular weight is 356 g/mol. The van der Waals surface area contributed by atoms with Crippen LogP contribution in [-0.2, 0) is 0 Å². The number of para-hydroxylation sites is 1. The van der Waals surface area contributed by atoms with Crippen LogP contribution in [0, 0.1) is 6.92 Å².